The summed E-state index contributed by atoms with van der Waals surface area (Å²) in [4.78, 5) is 35.5. The number of thioether (sulfide) groups is 1. The molecule has 0 aliphatic carbocycles. The van der Waals surface area contributed by atoms with Gasteiger partial charge in [0.25, 0.3) is 5.91 Å². The van der Waals surface area contributed by atoms with Crippen LogP contribution in [-0.4, -0.2) is 43.1 Å². The highest BCUT2D eigenvalue weighted by molar-refractivity contribution is 8.18. The Morgan fingerprint density at radius 2 is 1.71 bits per heavy atom. The van der Waals surface area contributed by atoms with Crippen LogP contribution in [0.5, 0.6) is 0 Å². The van der Waals surface area contributed by atoms with E-state index in [9.17, 15) is 14.7 Å². The quantitative estimate of drug-likeness (QED) is 0.256. The number of para-hydroxylation sites is 3. The summed E-state index contributed by atoms with van der Waals surface area (Å²) in [6, 6.07) is 25.4. The number of amides is 1. The maximum absolute atomic E-state index is 13.7. The number of carboxylic acids is 1. The lowest BCUT2D eigenvalue weighted by atomic mass is 10.1. The second-order valence-corrected chi connectivity index (χ2v) is 10.0. The van der Waals surface area contributed by atoms with Crippen molar-refractivity contribution < 1.29 is 14.7 Å². The molecule has 0 bridgehead atoms. The van der Waals surface area contributed by atoms with Gasteiger partial charge in [-0.2, -0.15) is 0 Å². The van der Waals surface area contributed by atoms with Gasteiger partial charge in [-0.1, -0.05) is 54.6 Å². The maximum atomic E-state index is 13.7. The summed E-state index contributed by atoms with van der Waals surface area (Å²) in [6.45, 7) is 0.333. The minimum atomic E-state index is -0.919. The van der Waals surface area contributed by atoms with E-state index in [-0.39, 0.29) is 12.5 Å². The number of nitrogens with one attached hydrogen (secondary N) is 1. The topological polar surface area (TPSA) is 90.7 Å². The van der Waals surface area contributed by atoms with Gasteiger partial charge >= 0.3 is 5.97 Å². The number of aromatic nitrogens is 2. The van der Waals surface area contributed by atoms with E-state index in [2.05, 4.69) is 11.1 Å². The van der Waals surface area contributed by atoms with E-state index >= 15 is 0 Å². The number of fused-ring (bicyclic) bond motifs is 2. The van der Waals surface area contributed by atoms with E-state index in [4.69, 9.17) is 4.99 Å². The molecule has 1 amide bonds. The van der Waals surface area contributed by atoms with Crippen molar-refractivity contribution in [2.75, 3.05) is 6.54 Å². The number of carbonyl (C=O) groups is 2. The van der Waals surface area contributed by atoms with Gasteiger partial charge in [-0.05, 0) is 54.1 Å². The van der Waals surface area contributed by atoms with Gasteiger partial charge in [0.1, 0.15) is 6.54 Å². The molecule has 38 heavy (non-hydrogen) atoms. The number of carboxylic acid groups (broad SMARTS) is 1. The first kappa shape index (κ1) is 23.8. The van der Waals surface area contributed by atoms with Crippen molar-refractivity contribution in [2.45, 2.75) is 13.0 Å². The fourth-order valence-electron chi connectivity index (χ4n) is 4.78. The maximum Gasteiger partial charge on any atom is 0.323 e. The largest absolute Gasteiger partial charge is 0.480 e. The van der Waals surface area contributed by atoms with Gasteiger partial charge in [-0.3, -0.25) is 14.5 Å². The molecule has 6 rings (SSSR count). The number of aliphatic imine (C=N–C) groups is 1. The van der Waals surface area contributed by atoms with Crippen LogP contribution in [-0.2, 0) is 22.6 Å². The molecule has 0 spiro atoms. The predicted molar refractivity (Wildman–Crippen MR) is 152 cm³/mol. The molecule has 0 radical (unpaired) electrons. The second kappa shape index (κ2) is 10.1. The summed E-state index contributed by atoms with van der Waals surface area (Å²) in [7, 11) is 0. The molecule has 0 saturated carbocycles. The first-order chi connectivity index (χ1) is 18.6. The molecule has 5 aromatic rings. The summed E-state index contributed by atoms with van der Waals surface area (Å²) >= 11 is 1.34. The molecule has 8 heteroatoms. The first-order valence-electron chi connectivity index (χ1n) is 12.3. The van der Waals surface area contributed by atoms with Crippen LogP contribution < -0.4 is 0 Å². The number of hydrogen-bond acceptors (Lipinski definition) is 4. The molecule has 1 aliphatic rings. The van der Waals surface area contributed by atoms with Crippen LogP contribution in [0, 0.1) is 0 Å². The number of rotatable bonds is 7. The van der Waals surface area contributed by atoms with Crippen LogP contribution in [0.15, 0.2) is 101 Å². The summed E-state index contributed by atoms with van der Waals surface area (Å²) in [6.07, 6.45) is 6.32. The number of aromatic amines is 1. The van der Waals surface area contributed by atoms with Crippen LogP contribution >= 0.6 is 11.8 Å². The van der Waals surface area contributed by atoms with Gasteiger partial charge in [-0.15, -0.1) is 0 Å². The standard InChI is InChI=1S/C30H24N4O3S/c35-28(36)19-33-18-21(24-11-5-7-13-26(24)33)16-27-29(37)34(30(38-27)32-22-8-2-1-3-9-22)15-14-20-17-31-25-12-6-4-10-23(20)25/h1-13,16-18,31H,14-15,19H2,(H,35,36)/b27-16+,32-30?. The highest BCUT2D eigenvalue weighted by Crippen LogP contribution is 2.36. The number of amidine groups is 1. The fourth-order valence-corrected chi connectivity index (χ4v) is 5.80. The molecule has 0 atom stereocenters. The van der Waals surface area contributed by atoms with Crippen molar-refractivity contribution in [1.29, 1.82) is 0 Å². The van der Waals surface area contributed by atoms with Crippen molar-refractivity contribution in [3.05, 3.63) is 107 Å². The van der Waals surface area contributed by atoms with Gasteiger partial charge in [0.15, 0.2) is 5.17 Å². The monoisotopic (exact) mass is 520 g/mol. The molecule has 0 unspecified atom stereocenters. The lowest BCUT2D eigenvalue weighted by Crippen LogP contribution is -2.31. The minimum absolute atomic E-state index is 0.111. The third-order valence-electron chi connectivity index (χ3n) is 6.56. The van der Waals surface area contributed by atoms with Crippen LogP contribution in [0.4, 0.5) is 5.69 Å². The van der Waals surface area contributed by atoms with E-state index < -0.39 is 5.97 Å². The Balaban J connectivity index is 1.36. The zero-order valence-electron chi connectivity index (χ0n) is 20.4. The van der Waals surface area contributed by atoms with Crippen molar-refractivity contribution in [3.8, 4) is 0 Å². The average molecular weight is 521 g/mol. The summed E-state index contributed by atoms with van der Waals surface area (Å²) in [5, 5.41) is 12.0. The molecule has 1 saturated heterocycles. The predicted octanol–water partition coefficient (Wildman–Crippen LogP) is 6.05. The average Bonchev–Trinajstić information content (AvgIpc) is 3.58. The number of nitrogens with zero attached hydrogens (tertiary/aromatic N) is 3. The molecule has 2 aromatic heterocycles. The molecule has 188 valence electrons. The molecular weight excluding hydrogens is 496 g/mol. The van der Waals surface area contributed by atoms with Gasteiger partial charge in [0.2, 0.25) is 0 Å². The van der Waals surface area contributed by atoms with Crippen LogP contribution in [0.2, 0.25) is 0 Å². The Morgan fingerprint density at radius 3 is 2.53 bits per heavy atom. The highest BCUT2D eigenvalue weighted by atomic mass is 32.2. The van der Waals surface area contributed by atoms with Gasteiger partial charge in [0.05, 0.1) is 10.6 Å². The SMILES string of the molecule is O=C(O)Cn1cc(/C=C2/SC(=Nc3ccccc3)N(CCc3c[nH]c4ccccc34)C2=O)c2ccccc21. The van der Waals surface area contributed by atoms with Gasteiger partial charge < -0.3 is 14.7 Å². The molecule has 1 aliphatic heterocycles. The summed E-state index contributed by atoms with van der Waals surface area (Å²) in [5.41, 5.74) is 4.61. The Labute approximate surface area is 223 Å². The third kappa shape index (κ3) is 4.62. The second-order valence-electron chi connectivity index (χ2n) is 9.03. The van der Waals surface area contributed by atoms with Crippen molar-refractivity contribution in [1.82, 2.24) is 14.5 Å². The van der Waals surface area contributed by atoms with Crippen molar-refractivity contribution >= 4 is 62.4 Å². The molecule has 3 heterocycles. The lowest BCUT2D eigenvalue weighted by Gasteiger charge is -2.15. The van der Waals surface area contributed by atoms with Crippen LogP contribution in [0.25, 0.3) is 27.9 Å². The molecule has 1 fully saturated rings. The van der Waals surface area contributed by atoms with Gasteiger partial charge in [0, 0.05) is 46.3 Å². The van der Waals surface area contributed by atoms with Crippen molar-refractivity contribution in [3.63, 3.8) is 0 Å². The Hall–Kier alpha value is -4.56. The zero-order valence-corrected chi connectivity index (χ0v) is 21.2. The Morgan fingerprint density at radius 1 is 0.974 bits per heavy atom. The lowest BCUT2D eigenvalue weighted by molar-refractivity contribution is -0.137. The number of carbonyl (C=O) groups excluding carboxylic acids is 1. The smallest absolute Gasteiger partial charge is 0.323 e. The van der Waals surface area contributed by atoms with E-state index in [0.717, 1.165) is 38.6 Å². The van der Waals surface area contributed by atoms with Crippen LogP contribution in [0.1, 0.15) is 11.1 Å². The summed E-state index contributed by atoms with van der Waals surface area (Å²) < 4.78 is 1.70. The molecule has 3 aromatic carbocycles. The van der Waals surface area contributed by atoms with E-state index in [0.29, 0.717) is 23.0 Å². The molecular formula is C30H24N4O3S. The van der Waals surface area contributed by atoms with E-state index in [1.54, 1.807) is 15.7 Å². The van der Waals surface area contributed by atoms with E-state index in [1.165, 1.54) is 11.8 Å². The minimum Gasteiger partial charge on any atom is -0.480 e. The van der Waals surface area contributed by atoms with E-state index in [1.807, 2.05) is 85.1 Å². The molecule has 2 N–H and O–H groups in total. The third-order valence-corrected chi connectivity index (χ3v) is 7.57. The zero-order chi connectivity index (χ0) is 26.1. The number of aliphatic carboxylic acids is 1. The molecule has 7 nitrogen and oxygen atoms in total. The summed E-state index contributed by atoms with van der Waals surface area (Å²) in [5.74, 6) is -1.03. The number of H-pyrrole nitrogens is 1. The highest BCUT2D eigenvalue weighted by Gasteiger charge is 2.33. The van der Waals surface area contributed by atoms with Gasteiger partial charge in [-0.25, -0.2) is 4.99 Å². The Bertz CT molecular complexity index is 1730. The number of benzene rings is 3. The normalized spacial score (nSPS) is 15.9. The first-order valence-corrected chi connectivity index (χ1v) is 13.1. The Kier molecular flexibility index (Phi) is 6.31. The van der Waals surface area contributed by atoms with Crippen LogP contribution in [0.3, 0.4) is 0 Å². The van der Waals surface area contributed by atoms with Crippen molar-refractivity contribution in [2.24, 2.45) is 4.99 Å². The fraction of sp³-hybridized carbons (Fsp3) is 0.100. The number of hydrogen-bond donors (Lipinski definition) is 2.